The van der Waals surface area contributed by atoms with Crippen molar-refractivity contribution in [2.75, 3.05) is 0 Å². The van der Waals surface area contributed by atoms with Gasteiger partial charge in [-0.15, -0.1) is 0 Å². The number of benzene rings is 2. The van der Waals surface area contributed by atoms with Crippen LogP contribution in [0.25, 0.3) is 10.8 Å². The second kappa shape index (κ2) is 3.54. The van der Waals surface area contributed by atoms with Crippen LogP contribution in [0, 0.1) is 0 Å². The first-order valence-electron chi connectivity index (χ1n) is 5.59. The Morgan fingerprint density at radius 1 is 0.933 bits per heavy atom. The highest BCUT2D eigenvalue weighted by Gasteiger charge is 2.13. The van der Waals surface area contributed by atoms with Gasteiger partial charge in [-0.1, -0.05) is 54.6 Å². The van der Waals surface area contributed by atoms with Gasteiger partial charge in [0.2, 0.25) is 0 Å². The van der Waals surface area contributed by atoms with Gasteiger partial charge in [0.05, 0.1) is 0 Å². The molecule has 0 amide bonds. The predicted octanol–water partition coefficient (Wildman–Crippen LogP) is 4.27. The molecular formula is C15H14. The molecule has 0 aliphatic heterocycles. The Hall–Kier alpha value is -1.56. The van der Waals surface area contributed by atoms with Crippen molar-refractivity contribution >= 4 is 10.8 Å². The summed E-state index contributed by atoms with van der Waals surface area (Å²) in [6.07, 6.45) is 7.15. The van der Waals surface area contributed by atoms with Crippen molar-refractivity contribution in [2.45, 2.75) is 18.8 Å². The Morgan fingerprint density at radius 3 is 2.67 bits per heavy atom. The summed E-state index contributed by atoms with van der Waals surface area (Å²) in [5.41, 5.74) is 1.49. The summed E-state index contributed by atoms with van der Waals surface area (Å²) in [7, 11) is 0. The van der Waals surface area contributed by atoms with E-state index >= 15 is 0 Å². The molecule has 1 unspecified atom stereocenters. The molecule has 2 aromatic rings. The molecule has 0 spiro atoms. The van der Waals surface area contributed by atoms with Crippen LogP contribution in [0.3, 0.4) is 0 Å². The molecule has 0 aromatic heterocycles. The average molecular weight is 194 g/mol. The van der Waals surface area contributed by atoms with Crippen molar-refractivity contribution in [3.63, 3.8) is 0 Å². The fraction of sp³-hybridized carbons (Fsp3) is 0.200. The number of hydrogen-bond donors (Lipinski definition) is 0. The predicted molar refractivity (Wildman–Crippen MR) is 65.1 cm³/mol. The van der Waals surface area contributed by atoms with E-state index < -0.39 is 0 Å². The lowest BCUT2D eigenvalue weighted by Gasteiger charge is -2.11. The minimum Gasteiger partial charge on any atom is -0.0879 e. The van der Waals surface area contributed by atoms with Gasteiger partial charge < -0.3 is 0 Å². The van der Waals surface area contributed by atoms with Crippen LogP contribution in [0.1, 0.15) is 24.3 Å². The number of rotatable bonds is 1. The second-order valence-electron chi connectivity index (χ2n) is 4.18. The summed E-state index contributed by atoms with van der Waals surface area (Å²) in [5.74, 6) is 0.635. The Kier molecular flexibility index (Phi) is 2.06. The molecule has 0 heteroatoms. The summed E-state index contributed by atoms with van der Waals surface area (Å²) in [6.45, 7) is 0. The third-order valence-electron chi connectivity index (χ3n) is 3.24. The van der Waals surface area contributed by atoms with Gasteiger partial charge in [0.25, 0.3) is 0 Å². The van der Waals surface area contributed by atoms with Crippen LogP contribution in [0.4, 0.5) is 0 Å². The van der Waals surface area contributed by atoms with Crippen LogP contribution in [0.15, 0.2) is 54.6 Å². The average Bonchev–Trinajstić information content (AvgIpc) is 2.82. The van der Waals surface area contributed by atoms with Gasteiger partial charge in [0.15, 0.2) is 0 Å². The summed E-state index contributed by atoms with van der Waals surface area (Å²) < 4.78 is 0. The first-order chi connectivity index (χ1) is 7.45. The molecule has 0 radical (unpaired) electrons. The third kappa shape index (κ3) is 1.46. The highest BCUT2D eigenvalue weighted by atomic mass is 14.2. The van der Waals surface area contributed by atoms with Gasteiger partial charge in [0, 0.05) is 5.92 Å². The van der Waals surface area contributed by atoms with E-state index in [2.05, 4.69) is 54.6 Å². The zero-order valence-corrected chi connectivity index (χ0v) is 8.69. The zero-order valence-electron chi connectivity index (χ0n) is 8.69. The van der Waals surface area contributed by atoms with E-state index in [-0.39, 0.29) is 0 Å². The maximum Gasteiger partial charge on any atom is 0.00270 e. The standard InChI is InChI=1S/C15H14/c1-2-7-12(6-1)15-11-5-9-13-8-3-4-10-14(13)15/h1,3-6,8-12H,2,7H2. The van der Waals surface area contributed by atoms with Gasteiger partial charge in [-0.3, -0.25) is 0 Å². The van der Waals surface area contributed by atoms with Crippen molar-refractivity contribution in [2.24, 2.45) is 0 Å². The molecule has 1 aliphatic rings. The van der Waals surface area contributed by atoms with Gasteiger partial charge >= 0.3 is 0 Å². The van der Waals surface area contributed by atoms with Crippen LogP contribution in [-0.4, -0.2) is 0 Å². The molecule has 0 bridgehead atoms. The first-order valence-corrected chi connectivity index (χ1v) is 5.59. The van der Waals surface area contributed by atoms with Crippen LogP contribution >= 0.6 is 0 Å². The zero-order chi connectivity index (χ0) is 10.1. The molecule has 0 nitrogen and oxygen atoms in total. The van der Waals surface area contributed by atoms with Crippen LogP contribution in [0.2, 0.25) is 0 Å². The van der Waals surface area contributed by atoms with Crippen molar-refractivity contribution in [1.82, 2.24) is 0 Å². The molecule has 0 saturated heterocycles. The fourth-order valence-corrected chi connectivity index (χ4v) is 2.47. The molecule has 1 aliphatic carbocycles. The maximum absolute atomic E-state index is 2.35. The fourth-order valence-electron chi connectivity index (χ4n) is 2.47. The second-order valence-corrected chi connectivity index (χ2v) is 4.18. The van der Waals surface area contributed by atoms with E-state index in [1.165, 1.54) is 29.2 Å². The Balaban J connectivity index is 2.21. The molecular weight excluding hydrogens is 180 g/mol. The number of allylic oxidation sites excluding steroid dienone is 2. The number of fused-ring (bicyclic) bond motifs is 1. The minimum absolute atomic E-state index is 0.635. The normalized spacial score (nSPS) is 19.9. The van der Waals surface area contributed by atoms with Gasteiger partial charge in [-0.2, -0.15) is 0 Å². The topological polar surface area (TPSA) is 0 Å². The van der Waals surface area contributed by atoms with E-state index in [1.54, 1.807) is 0 Å². The summed E-state index contributed by atoms with van der Waals surface area (Å²) >= 11 is 0. The molecule has 3 rings (SSSR count). The van der Waals surface area contributed by atoms with Crippen molar-refractivity contribution in [3.8, 4) is 0 Å². The molecule has 0 fully saturated rings. The smallest absolute Gasteiger partial charge is 0.00270 e. The Morgan fingerprint density at radius 2 is 1.80 bits per heavy atom. The summed E-state index contributed by atoms with van der Waals surface area (Å²) in [5, 5.41) is 2.77. The molecule has 74 valence electrons. The van der Waals surface area contributed by atoms with E-state index in [1.807, 2.05) is 0 Å². The van der Waals surface area contributed by atoms with Crippen LogP contribution in [-0.2, 0) is 0 Å². The highest BCUT2D eigenvalue weighted by molar-refractivity contribution is 5.86. The largest absolute Gasteiger partial charge is 0.0879 e. The molecule has 1 atom stereocenters. The number of hydrogen-bond acceptors (Lipinski definition) is 0. The van der Waals surface area contributed by atoms with Gasteiger partial charge in [-0.05, 0) is 29.2 Å². The van der Waals surface area contributed by atoms with Crippen LogP contribution < -0.4 is 0 Å². The van der Waals surface area contributed by atoms with E-state index in [9.17, 15) is 0 Å². The quantitative estimate of drug-likeness (QED) is 0.594. The van der Waals surface area contributed by atoms with E-state index in [4.69, 9.17) is 0 Å². The lowest BCUT2D eigenvalue weighted by Crippen LogP contribution is -1.92. The SMILES string of the molecule is C1=CC(c2cccc3ccccc23)CC1. The van der Waals surface area contributed by atoms with Gasteiger partial charge in [0.1, 0.15) is 0 Å². The van der Waals surface area contributed by atoms with Crippen molar-refractivity contribution < 1.29 is 0 Å². The first kappa shape index (κ1) is 8.72. The van der Waals surface area contributed by atoms with Gasteiger partial charge in [-0.25, -0.2) is 0 Å². The monoisotopic (exact) mass is 194 g/mol. The maximum atomic E-state index is 2.35. The lowest BCUT2D eigenvalue weighted by molar-refractivity contribution is 0.807. The van der Waals surface area contributed by atoms with E-state index in [0.29, 0.717) is 5.92 Å². The van der Waals surface area contributed by atoms with Crippen LogP contribution in [0.5, 0.6) is 0 Å². The molecule has 2 aromatic carbocycles. The molecule has 15 heavy (non-hydrogen) atoms. The molecule has 0 N–H and O–H groups in total. The van der Waals surface area contributed by atoms with E-state index in [0.717, 1.165) is 0 Å². The minimum atomic E-state index is 0.635. The third-order valence-corrected chi connectivity index (χ3v) is 3.24. The summed E-state index contributed by atoms with van der Waals surface area (Å²) in [6, 6.07) is 15.3. The lowest BCUT2D eigenvalue weighted by atomic mass is 9.93. The summed E-state index contributed by atoms with van der Waals surface area (Å²) in [4.78, 5) is 0. The van der Waals surface area contributed by atoms with Crippen molar-refractivity contribution in [3.05, 3.63) is 60.2 Å². The van der Waals surface area contributed by atoms with Crippen molar-refractivity contribution in [1.29, 1.82) is 0 Å². The Labute approximate surface area is 90.2 Å². The Bertz CT molecular complexity index is 503. The molecule has 0 saturated carbocycles. The highest BCUT2D eigenvalue weighted by Crippen LogP contribution is 2.32. The molecule has 0 heterocycles.